The van der Waals surface area contributed by atoms with E-state index < -0.39 is 0 Å². The molecular weight excluding hydrogens is 699 g/mol. The number of nitriles is 1. The minimum atomic E-state index is 0.366. The van der Waals surface area contributed by atoms with Crippen molar-refractivity contribution >= 4 is 27.6 Å². The largest absolute Gasteiger partial charge is 0.192 e. The Morgan fingerprint density at radius 3 is 1.84 bits per heavy atom. The molecule has 9 aromatic rings. The van der Waals surface area contributed by atoms with Crippen molar-refractivity contribution in [2.24, 2.45) is 0 Å². The first-order chi connectivity index (χ1) is 28.6. The first-order valence-electron chi connectivity index (χ1n) is 20.3. The molecule has 0 N–H and O–H groups in total. The van der Waals surface area contributed by atoms with Gasteiger partial charge in [-0.3, -0.25) is 0 Å². The Labute approximate surface area is 338 Å². The predicted octanol–water partition coefficient (Wildman–Crippen LogP) is 15.3. The molecule has 0 aromatic heterocycles. The van der Waals surface area contributed by atoms with Crippen molar-refractivity contribution in [3.63, 3.8) is 0 Å². The van der Waals surface area contributed by atoms with Crippen LogP contribution in [0, 0.1) is 25.2 Å². The van der Waals surface area contributed by atoms with Gasteiger partial charge in [0.25, 0.3) is 0 Å². The van der Waals surface area contributed by atoms with Crippen molar-refractivity contribution in [1.82, 2.24) is 0 Å². The number of allylic oxidation sites excluding steroid dienone is 1. The molecule has 58 heavy (non-hydrogen) atoms. The Kier molecular flexibility index (Phi) is 7.02. The Morgan fingerprint density at radius 2 is 1.10 bits per heavy atom. The molecule has 270 valence electrons. The molecule has 0 heterocycles. The molecule has 0 saturated heterocycles. The van der Waals surface area contributed by atoms with Gasteiger partial charge in [0.1, 0.15) is 0 Å². The van der Waals surface area contributed by atoms with E-state index in [1.165, 1.54) is 122 Å². The summed E-state index contributed by atoms with van der Waals surface area (Å²) in [5.74, 6) is 0.366. The summed E-state index contributed by atoms with van der Waals surface area (Å²) in [6.07, 6.45) is 5.88. The lowest BCUT2D eigenvalue weighted by molar-refractivity contribution is 0.846. The number of benzene rings is 9. The summed E-state index contributed by atoms with van der Waals surface area (Å²) in [6, 6.07) is 60.5. The van der Waals surface area contributed by atoms with Crippen LogP contribution < -0.4 is 0 Å². The number of hydrogen-bond acceptors (Lipinski definition) is 1. The van der Waals surface area contributed by atoms with E-state index in [-0.39, 0.29) is 0 Å². The lowest BCUT2D eigenvalue weighted by Crippen LogP contribution is -2.04. The van der Waals surface area contributed by atoms with Crippen LogP contribution in [0.1, 0.15) is 45.7 Å². The van der Waals surface area contributed by atoms with Crippen LogP contribution in [-0.2, 0) is 0 Å². The zero-order valence-corrected chi connectivity index (χ0v) is 32.4. The van der Waals surface area contributed by atoms with Gasteiger partial charge >= 0.3 is 0 Å². The van der Waals surface area contributed by atoms with Crippen LogP contribution >= 0.6 is 0 Å². The molecule has 1 heteroatoms. The second-order valence-electron chi connectivity index (χ2n) is 16.2. The lowest BCUT2D eigenvalue weighted by Gasteiger charge is -2.26. The summed E-state index contributed by atoms with van der Waals surface area (Å²) >= 11 is 0. The standard InChI is InChI=1S/C57H37N/c1-33-29-39(36-25-23-35(32-58)24-26-36)30-34(2)50(33)44-27-28-47-53-43(44)20-12-22-46(53)56-51(37-13-5-3-6-14-37)49-31-48-41-18-10-9-17-40(41)42-19-11-21-45(54(42)48)55(49)52(57(47)56)38-15-7-4-8-16-38/h3-18,20-31,42H,19H2,1-2H3. The summed E-state index contributed by atoms with van der Waals surface area (Å²) < 4.78 is 0. The molecule has 0 bridgehead atoms. The number of fused-ring (bicyclic) bond motifs is 8. The van der Waals surface area contributed by atoms with Crippen molar-refractivity contribution < 1.29 is 0 Å². The van der Waals surface area contributed by atoms with Gasteiger partial charge in [0.15, 0.2) is 0 Å². The van der Waals surface area contributed by atoms with Crippen LogP contribution in [0.25, 0.3) is 106 Å². The van der Waals surface area contributed by atoms with Crippen molar-refractivity contribution in [2.45, 2.75) is 26.2 Å². The molecule has 3 aliphatic rings. The average molecular weight is 736 g/mol. The highest BCUT2D eigenvalue weighted by Gasteiger charge is 2.37. The normalized spacial score (nSPS) is 14.1. The molecule has 0 radical (unpaired) electrons. The topological polar surface area (TPSA) is 23.8 Å². The zero-order valence-electron chi connectivity index (χ0n) is 32.4. The van der Waals surface area contributed by atoms with Crippen LogP contribution in [0.2, 0.25) is 0 Å². The summed E-state index contributed by atoms with van der Waals surface area (Å²) in [5.41, 5.74) is 25.5. The van der Waals surface area contributed by atoms with Crippen LogP contribution in [0.5, 0.6) is 0 Å². The Morgan fingerprint density at radius 1 is 0.466 bits per heavy atom. The highest BCUT2D eigenvalue weighted by Crippen LogP contribution is 2.62. The third-order valence-electron chi connectivity index (χ3n) is 13.2. The summed E-state index contributed by atoms with van der Waals surface area (Å²) in [6.45, 7) is 4.48. The van der Waals surface area contributed by atoms with Crippen molar-refractivity contribution in [1.29, 1.82) is 5.26 Å². The van der Waals surface area contributed by atoms with E-state index in [9.17, 15) is 5.26 Å². The highest BCUT2D eigenvalue weighted by atomic mass is 14.4. The molecule has 9 aromatic carbocycles. The van der Waals surface area contributed by atoms with Gasteiger partial charge in [-0.25, -0.2) is 0 Å². The SMILES string of the molecule is Cc1cc(-c2ccc(C#N)cc2)cc(C)c1-c1ccc2c3c(cccc13)-c1c-2c(-c2ccccc2)c2c3c4c(cc2c1-c1ccccc1)-c1ccccc1C4CC=C3. The molecule has 0 amide bonds. The second-order valence-corrected chi connectivity index (χ2v) is 16.2. The molecule has 1 unspecified atom stereocenters. The van der Waals surface area contributed by atoms with Gasteiger partial charge < -0.3 is 0 Å². The van der Waals surface area contributed by atoms with Crippen molar-refractivity contribution in [3.05, 3.63) is 197 Å². The fraction of sp³-hybridized carbons (Fsp3) is 0.0702. The molecule has 1 nitrogen and oxygen atoms in total. The summed E-state index contributed by atoms with van der Waals surface area (Å²) in [7, 11) is 0. The fourth-order valence-corrected chi connectivity index (χ4v) is 10.9. The van der Waals surface area contributed by atoms with Crippen LogP contribution in [0.4, 0.5) is 0 Å². The van der Waals surface area contributed by atoms with Crippen LogP contribution in [0.15, 0.2) is 164 Å². The average Bonchev–Trinajstić information content (AvgIpc) is 3.78. The van der Waals surface area contributed by atoms with E-state index in [0.717, 1.165) is 12.0 Å². The number of rotatable bonds is 4. The van der Waals surface area contributed by atoms with E-state index >= 15 is 0 Å². The predicted molar refractivity (Wildman–Crippen MR) is 243 cm³/mol. The molecule has 0 spiro atoms. The molecule has 0 aliphatic heterocycles. The van der Waals surface area contributed by atoms with Gasteiger partial charge in [-0.1, -0.05) is 152 Å². The Balaban J connectivity index is 1.19. The summed E-state index contributed by atoms with van der Waals surface area (Å²) in [4.78, 5) is 0. The first kappa shape index (κ1) is 32.9. The maximum Gasteiger partial charge on any atom is 0.0991 e. The number of nitrogens with zero attached hydrogens (tertiary/aromatic N) is 1. The van der Waals surface area contributed by atoms with Gasteiger partial charge in [0, 0.05) is 5.92 Å². The minimum Gasteiger partial charge on any atom is -0.192 e. The Bertz CT molecular complexity index is 3280. The summed E-state index contributed by atoms with van der Waals surface area (Å²) in [5, 5.41) is 14.7. The van der Waals surface area contributed by atoms with E-state index in [2.05, 4.69) is 178 Å². The first-order valence-corrected chi connectivity index (χ1v) is 20.3. The molecule has 0 fully saturated rings. The third kappa shape index (κ3) is 4.52. The maximum atomic E-state index is 9.38. The number of aryl methyl sites for hydroxylation is 2. The van der Waals surface area contributed by atoms with E-state index in [1.807, 2.05) is 12.1 Å². The second kappa shape index (κ2) is 12.4. The van der Waals surface area contributed by atoms with Crippen LogP contribution in [0.3, 0.4) is 0 Å². The maximum absolute atomic E-state index is 9.38. The van der Waals surface area contributed by atoms with Gasteiger partial charge in [0.2, 0.25) is 0 Å². The van der Waals surface area contributed by atoms with Crippen molar-refractivity contribution in [2.75, 3.05) is 0 Å². The molecule has 3 aliphatic carbocycles. The van der Waals surface area contributed by atoms with Gasteiger partial charge in [-0.2, -0.15) is 5.26 Å². The third-order valence-corrected chi connectivity index (χ3v) is 13.2. The molecule has 0 saturated carbocycles. The van der Waals surface area contributed by atoms with Crippen LogP contribution in [-0.4, -0.2) is 0 Å². The molecule has 1 atom stereocenters. The Hall–Kier alpha value is -7.27. The van der Waals surface area contributed by atoms with E-state index in [4.69, 9.17) is 0 Å². The van der Waals surface area contributed by atoms with Crippen molar-refractivity contribution in [3.8, 4) is 84.0 Å². The smallest absolute Gasteiger partial charge is 0.0991 e. The minimum absolute atomic E-state index is 0.366. The van der Waals surface area contributed by atoms with Gasteiger partial charge in [-0.05, 0) is 166 Å². The fourth-order valence-electron chi connectivity index (χ4n) is 10.9. The van der Waals surface area contributed by atoms with Gasteiger partial charge in [0.05, 0.1) is 11.6 Å². The molecular formula is C57H37N. The zero-order chi connectivity index (χ0) is 38.6. The highest BCUT2D eigenvalue weighted by molar-refractivity contribution is 6.30. The monoisotopic (exact) mass is 735 g/mol. The van der Waals surface area contributed by atoms with E-state index in [1.54, 1.807) is 0 Å². The number of hydrogen-bond donors (Lipinski definition) is 0. The van der Waals surface area contributed by atoms with Gasteiger partial charge in [-0.15, -0.1) is 0 Å². The molecule has 12 rings (SSSR count). The lowest BCUT2D eigenvalue weighted by atomic mass is 9.77. The quantitative estimate of drug-likeness (QED) is 0.177. The van der Waals surface area contributed by atoms with E-state index in [0.29, 0.717) is 11.5 Å².